The van der Waals surface area contributed by atoms with Gasteiger partial charge in [0.25, 0.3) is 0 Å². The highest BCUT2D eigenvalue weighted by Crippen LogP contribution is 2.84. The number of benzene rings is 1. The number of aliphatic hydroxyl groups is 1. The van der Waals surface area contributed by atoms with Crippen LogP contribution in [0.4, 0.5) is 0 Å². The normalized spacial score (nSPS) is 40.7. The molecule has 2 saturated carbocycles. The number of hydrogen-bond donors (Lipinski definition) is 1. The number of Topliss-reactive ketones (excluding diaryl/α,β-unsaturated/α-hetero) is 1. The molecule has 1 unspecified atom stereocenters. The van der Waals surface area contributed by atoms with Gasteiger partial charge in [0.05, 0.1) is 18.0 Å². The molecular formula is C21H26O3S. The first-order valence-electron chi connectivity index (χ1n) is 8.98. The highest BCUT2D eigenvalue weighted by atomic mass is 32.2. The minimum Gasteiger partial charge on any atom is -0.500 e. The van der Waals surface area contributed by atoms with Crippen molar-refractivity contribution in [1.82, 2.24) is 0 Å². The molecule has 3 aliphatic rings. The molecule has 4 rings (SSSR count). The third-order valence-corrected chi connectivity index (χ3v) is 9.03. The summed E-state index contributed by atoms with van der Waals surface area (Å²) in [5.41, 5.74) is -2.23. The van der Waals surface area contributed by atoms with E-state index >= 15 is 0 Å². The van der Waals surface area contributed by atoms with Crippen molar-refractivity contribution in [2.24, 2.45) is 16.2 Å². The fourth-order valence-electron chi connectivity index (χ4n) is 5.96. The molecule has 3 nitrogen and oxygen atoms in total. The summed E-state index contributed by atoms with van der Waals surface area (Å²) in [5, 5.41) is 11.5. The van der Waals surface area contributed by atoms with Gasteiger partial charge in [-0.05, 0) is 56.7 Å². The number of hydrogen-bond acceptors (Lipinski definition) is 4. The summed E-state index contributed by atoms with van der Waals surface area (Å²) in [5.74, 6) is 0.886. The fraction of sp³-hybridized carbons (Fsp3) is 0.571. The zero-order valence-corrected chi connectivity index (χ0v) is 16.2. The molecule has 1 spiro atoms. The van der Waals surface area contributed by atoms with E-state index < -0.39 is 11.0 Å². The van der Waals surface area contributed by atoms with Gasteiger partial charge in [-0.15, -0.1) is 11.8 Å². The monoisotopic (exact) mass is 358 g/mol. The average Bonchev–Trinajstić information content (AvgIpc) is 3.37. The quantitative estimate of drug-likeness (QED) is 0.876. The lowest BCUT2D eigenvalue weighted by Crippen LogP contribution is -2.48. The third kappa shape index (κ3) is 1.75. The van der Waals surface area contributed by atoms with Crippen molar-refractivity contribution >= 4 is 17.5 Å². The van der Waals surface area contributed by atoms with Gasteiger partial charge in [0.15, 0.2) is 0 Å². The van der Waals surface area contributed by atoms with Crippen LogP contribution >= 0.6 is 11.8 Å². The Morgan fingerprint density at radius 1 is 1.24 bits per heavy atom. The van der Waals surface area contributed by atoms with Gasteiger partial charge in [0.1, 0.15) is 17.0 Å². The summed E-state index contributed by atoms with van der Waals surface area (Å²) < 4.78 is 5.78. The zero-order valence-electron chi connectivity index (χ0n) is 15.3. The van der Waals surface area contributed by atoms with E-state index in [2.05, 4.69) is 25.1 Å². The average molecular weight is 359 g/mol. The van der Waals surface area contributed by atoms with Crippen molar-refractivity contribution in [2.75, 3.05) is 7.11 Å². The van der Waals surface area contributed by atoms with E-state index in [1.54, 1.807) is 25.8 Å². The van der Waals surface area contributed by atoms with Crippen LogP contribution < -0.4 is 0 Å². The first-order valence-corrected chi connectivity index (χ1v) is 9.86. The van der Waals surface area contributed by atoms with E-state index in [0.29, 0.717) is 0 Å². The Bertz CT molecular complexity index is 750. The molecule has 1 aromatic carbocycles. The Kier molecular flexibility index (Phi) is 3.53. The van der Waals surface area contributed by atoms with Gasteiger partial charge in [-0.25, -0.2) is 0 Å². The van der Waals surface area contributed by atoms with Crippen molar-refractivity contribution in [1.29, 1.82) is 0 Å². The van der Waals surface area contributed by atoms with Crippen molar-refractivity contribution in [3.8, 4) is 0 Å². The maximum absolute atomic E-state index is 13.2. The molecular weight excluding hydrogens is 332 g/mol. The molecule has 2 bridgehead atoms. The van der Waals surface area contributed by atoms with E-state index in [9.17, 15) is 9.90 Å². The van der Waals surface area contributed by atoms with Gasteiger partial charge in [-0.2, -0.15) is 0 Å². The Morgan fingerprint density at radius 2 is 1.88 bits per heavy atom. The van der Waals surface area contributed by atoms with Crippen LogP contribution in [0.1, 0.15) is 40.0 Å². The number of allylic oxidation sites excluding steroid dienone is 2. The summed E-state index contributed by atoms with van der Waals surface area (Å²) in [4.78, 5) is 14.3. The molecule has 1 N–H and O–H groups in total. The molecule has 1 aromatic rings. The predicted molar refractivity (Wildman–Crippen MR) is 99.3 cm³/mol. The topological polar surface area (TPSA) is 46.5 Å². The second kappa shape index (κ2) is 5.14. The van der Waals surface area contributed by atoms with Crippen molar-refractivity contribution in [2.45, 2.75) is 55.8 Å². The Balaban J connectivity index is 1.95. The molecule has 4 heteroatoms. The van der Waals surface area contributed by atoms with Crippen molar-refractivity contribution in [3.05, 3.63) is 42.2 Å². The van der Waals surface area contributed by atoms with E-state index in [1.165, 1.54) is 0 Å². The first-order chi connectivity index (χ1) is 11.8. The minimum absolute atomic E-state index is 0.121. The Hall–Kier alpha value is -1.26. The molecule has 0 radical (unpaired) electrons. The SMILES string of the molecule is COC1=CC[C@@]2(C)C(C)(O)[C@@H](Sc3ccccc3)[C@]1(C(C)=O)C21CC1. The highest BCUT2D eigenvalue weighted by Gasteiger charge is 2.86. The van der Waals surface area contributed by atoms with E-state index in [4.69, 9.17) is 4.74 Å². The maximum atomic E-state index is 13.2. The third-order valence-electron chi connectivity index (χ3n) is 7.44. The van der Waals surface area contributed by atoms with E-state index in [1.807, 2.05) is 25.1 Å². The molecule has 3 aliphatic carbocycles. The maximum Gasteiger partial charge on any atom is 0.145 e. The number of ketones is 1. The van der Waals surface area contributed by atoms with E-state index in [0.717, 1.165) is 29.9 Å². The van der Waals surface area contributed by atoms with Gasteiger partial charge >= 0.3 is 0 Å². The smallest absolute Gasteiger partial charge is 0.145 e. The second-order valence-electron chi connectivity index (χ2n) is 8.21. The summed E-state index contributed by atoms with van der Waals surface area (Å²) in [6.45, 7) is 5.79. The van der Waals surface area contributed by atoms with Crippen LogP contribution in [-0.4, -0.2) is 28.9 Å². The summed E-state index contributed by atoms with van der Waals surface area (Å²) in [6, 6.07) is 10.1. The molecule has 0 saturated heterocycles. The predicted octanol–water partition coefficient (Wildman–Crippen LogP) is 4.21. The standard InChI is InChI=1S/C21H26O3S/c1-14(22)21-16(24-4)10-11-18(2,20(21)12-13-20)19(3,23)17(21)25-15-8-6-5-7-9-15/h5-10,17,23H,11-13H2,1-4H3/t17-,18+,19?,21-/m1/s1. The molecule has 0 aliphatic heterocycles. The minimum atomic E-state index is -0.966. The van der Waals surface area contributed by atoms with Crippen LogP contribution in [0.3, 0.4) is 0 Å². The van der Waals surface area contributed by atoms with Gasteiger partial charge in [0.2, 0.25) is 0 Å². The van der Waals surface area contributed by atoms with Crippen LogP contribution in [0.2, 0.25) is 0 Å². The lowest BCUT2D eigenvalue weighted by atomic mass is 9.58. The van der Waals surface area contributed by atoms with Crippen LogP contribution in [-0.2, 0) is 9.53 Å². The Morgan fingerprint density at radius 3 is 2.40 bits per heavy atom. The summed E-state index contributed by atoms with van der Waals surface area (Å²) in [6.07, 6.45) is 4.77. The molecule has 0 heterocycles. The van der Waals surface area contributed by atoms with Crippen LogP contribution in [0, 0.1) is 16.2 Å². The van der Waals surface area contributed by atoms with Crippen LogP contribution in [0.25, 0.3) is 0 Å². The lowest BCUT2D eigenvalue weighted by Gasteiger charge is -2.46. The van der Waals surface area contributed by atoms with Crippen molar-refractivity contribution in [3.63, 3.8) is 0 Å². The summed E-state index contributed by atoms with van der Waals surface area (Å²) >= 11 is 1.63. The van der Waals surface area contributed by atoms with E-state index in [-0.39, 0.29) is 21.9 Å². The largest absolute Gasteiger partial charge is 0.500 e. The number of methoxy groups -OCH3 is 1. The van der Waals surface area contributed by atoms with Crippen molar-refractivity contribution < 1.29 is 14.6 Å². The number of thioether (sulfide) groups is 1. The Labute approximate surface area is 153 Å². The molecule has 4 atom stereocenters. The molecule has 0 aromatic heterocycles. The number of carbonyl (C=O) groups excluding carboxylic acids is 1. The van der Waals surface area contributed by atoms with Gasteiger partial charge in [-0.1, -0.05) is 25.1 Å². The second-order valence-corrected chi connectivity index (χ2v) is 9.39. The first kappa shape index (κ1) is 17.2. The fourth-order valence-corrected chi connectivity index (χ4v) is 7.72. The van der Waals surface area contributed by atoms with Gasteiger partial charge in [-0.3, -0.25) is 4.79 Å². The van der Waals surface area contributed by atoms with Crippen LogP contribution in [0.15, 0.2) is 47.1 Å². The van der Waals surface area contributed by atoms with Gasteiger partial charge in [0, 0.05) is 10.3 Å². The number of rotatable bonds is 4. The lowest BCUT2D eigenvalue weighted by molar-refractivity contribution is -0.131. The summed E-state index contributed by atoms with van der Waals surface area (Å²) in [7, 11) is 1.66. The number of ether oxygens (including phenoxy) is 1. The van der Waals surface area contributed by atoms with Crippen LogP contribution in [0.5, 0.6) is 0 Å². The highest BCUT2D eigenvalue weighted by molar-refractivity contribution is 8.00. The van der Waals surface area contributed by atoms with Gasteiger partial charge < -0.3 is 9.84 Å². The molecule has 25 heavy (non-hydrogen) atoms. The molecule has 2 fully saturated rings. The molecule has 134 valence electrons. The molecule has 0 amide bonds. The zero-order chi connectivity index (χ0) is 18.1. The number of carbonyl (C=O) groups is 1.